The molecule has 6 rings (SSSR count). The van der Waals surface area contributed by atoms with E-state index in [1.54, 1.807) is 12.1 Å². The molecule has 0 saturated carbocycles. The Kier molecular flexibility index (Phi) is 11.7. The first-order valence-corrected chi connectivity index (χ1v) is 17.6. The lowest BCUT2D eigenvalue weighted by Crippen LogP contribution is -2.41. The second kappa shape index (κ2) is 16.7. The van der Waals surface area contributed by atoms with E-state index < -0.39 is 12.2 Å². The minimum Gasteiger partial charge on any atom is -0.506 e. The van der Waals surface area contributed by atoms with Gasteiger partial charge in [-0.2, -0.15) is 0 Å². The maximum atomic E-state index is 12.8. The lowest BCUT2D eigenvalue weighted by Gasteiger charge is -2.31. The highest BCUT2D eigenvalue weighted by atomic mass is 32.1. The predicted octanol–water partition coefficient (Wildman–Crippen LogP) is 5.27. The van der Waals surface area contributed by atoms with Crippen LogP contribution in [0.15, 0.2) is 95.8 Å². The molecule has 2 aromatic heterocycles. The van der Waals surface area contributed by atoms with Gasteiger partial charge in [-0.05, 0) is 54.3 Å². The molecule has 0 aliphatic carbocycles. The summed E-state index contributed by atoms with van der Waals surface area (Å²) in [7, 11) is 0. The summed E-state index contributed by atoms with van der Waals surface area (Å²) in [6, 6.07) is 27.4. The molecule has 6 N–H and O–H groups in total. The van der Waals surface area contributed by atoms with Crippen molar-refractivity contribution in [2.75, 3.05) is 44.6 Å². The Morgan fingerprint density at radius 1 is 0.940 bits per heavy atom. The number of amides is 1. The standard InChI is InChI=1S/C38H41N5O6S/c44-32-13-11-29(30-12-15-36(47)42-37(30)32)33(45)23-40-22-27-10-14-35(50-27)34(46)24-39-18-21-43-19-16-26(17-20-43)49-38(48)41-31-9-5-4-8-28(31)25-6-2-1-3-7-25/h1-15,26,33,39-40,44-45H,16-24H2,(H,41,48)(H,42,47). The summed E-state index contributed by atoms with van der Waals surface area (Å²) in [5, 5.41) is 30.9. The number of benzene rings is 3. The number of aromatic hydroxyl groups is 1. The number of H-pyrrole nitrogens is 1. The number of hydrogen-bond donors (Lipinski definition) is 6. The van der Waals surface area contributed by atoms with Crippen molar-refractivity contribution in [1.29, 1.82) is 0 Å². The highest BCUT2D eigenvalue weighted by Gasteiger charge is 2.23. The second-order valence-corrected chi connectivity index (χ2v) is 13.4. The summed E-state index contributed by atoms with van der Waals surface area (Å²) in [4.78, 5) is 43.7. The van der Waals surface area contributed by atoms with Crippen LogP contribution in [0.3, 0.4) is 0 Å². The van der Waals surface area contributed by atoms with Crippen LogP contribution < -0.4 is 21.5 Å². The molecular weight excluding hydrogens is 655 g/mol. The third-order valence-corrected chi connectivity index (χ3v) is 9.91. The van der Waals surface area contributed by atoms with Gasteiger partial charge >= 0.3 is 6.09 Å². The highest BCUT2D eigenvalue weighted by molar-refractivity contribution is 7.14. The van der Waals surface area contributed by atoms with Gasteiger partial charge in [0.2, 0.25) is 5.56 Å². The molecule has 5 aromatic rings. The highest BCUT2D eigenvalue weighted by Crippen LogP contribution is 2.29. The van der Waals surface area contributed by atoms with Crippen LogP contribution in [0.4, 0.5) is 10.5 Å². The number of aliphatic hydroxyl groups excluding tert-OH is 1. The number of nitrogens with one attached hydrogen (secondary N) is 4. The first-order chi connectivity index (χ1) is 24.3. The minimum atomic E-state index is -0.861. The molecule has 1 aliphatic heterocycles. The predicted molar refractivity (Wildman–Crippen MR) is 196 cm³/mol. The van der Waals surface area contributed by atoms with E-state index in [2.05, 4.69) is 25.8 Å². The van der Waals surface area contributed by atoms with Crippen LogP contribution in [0.25, 0.3) is 22.0 Å². The third-order valence-electron chi connectivity index (χ3n) is 8.79. The van der Waals surface area contributed by atoms with E-state index in [4.69, 9.17) is 4.74 Å². The van der Waals surface area contributed by atoms with Gasteiger partial charge in [-0.25, -0.2) is 4.79 Å². The average Bonchev–Trinajstić information content (AvgIpc) is 3.61. The Morgan fingerprint density at radius 3 is 2.54 bits per heavy atom. The monoisotopic (exact) mass is 695 g/mol. The van der Waals surface area contributed by atoms with Crippen molar-refractivity contribution in [3.63, 3.8) is 0 Å². The van der Waals surface area contributed by atoms with Crippen LogP contribution in [0.5, 0.6) is 5.75 Å². The molecule has 0 spiro atoms. The van der Waals surface area contributed by atoms with Crippen molar-refractivity contribution in [3.8, 4) is 16.9 Å². The van der Waals surface area contributed by atoms with Crippen molar-refractivity contribution >= 4 is 39.8 Å². The van der Waals surface area contributed by atoms with E-state index in [0.717, 1.165) is 48.5 Å². The fraction of sp³-hybridized carbons (Fsp3) is 0.289. The molecule has 1 fully saturated rings. The quantitative estimate of drug-likeness (QED) is 0.0673. The van der Waals surface area contributed by atoms with E-state index in [1.165, 1.54) is 23.5 Å². The fourth-order valence-corrected chi connectivity index (χ4v) is 7.06. The van der Waals surface area contributed by atoms with Gasteiger partial charge in [0.1, 0.15) is 11.9 Å². The molecule has 1 saturated heterocycles. The number of phenols is 1. The number of likely N-dealkylation sites (tertiary alicyclic amines) is 1. The molecule has 12 heteroatoms. The first-order valence-electron chi connectivity index (χ1n) is 16.7. The maximum absolute atomic E-state index is 12.8. The van der Waals surface area contributed by atoms with Gasteiger partial charge in [-0.3, -0.25) is 14.9 Å². The van der Waals surface area contributed by atoms with E-state index in [0.29, 0.717) is 40.1 Å². The summed E-state index contributed by atoms with van der Waals surface area (Å²) in [5.41, 5.74) is 3.24. The molecule has 1 aliphatic rings. The lowest BCUT2D eigenvalue weighted by molar-refractivity contribution is 0.0593. The number of phenolic OH excluding ortho intramolecular Hbond substituents is 1. The van der Waals surface area contributed by atoms with Gasteiger partial charge < -0.3 is 35.5 Å². The Balaban J connectivity index is 0.867. The minimum absolute atomic E-state index is 0.0257. The Labute approximate surface area is 293 Å². The number of ketones is 1. The average molecular weight is 696 g/mol. The van der Waals surface area contributed by atoms with Gasteiger partial charge in [0.25, 0.3) is 0 Å². The molecule has 50 heavy (non-hydrogen) atoms. The second-order valence-electron chi connectivity index (χ2n) is 12.3. The topological polar surface area (TPSA) is 156 Å². The van der Waals surface area contributed by atoms with Gasteiger partial charge in [0, 0.05) is 61.2 Å². The summed E-state index contributed by atoms with van der Waals surface area (Å²) < 4.78 is 5.75. The number of rotatable bonds is 14. The summed E-state index contributed by atoms with van der Waals surface area (Å²) in [6.07, 6.45) is 0.0550. The van der Waals surface area contributed by atoms with Crippen molar-refractivity contribution in [2.45, 2.75) is 31.6 Å². The number of carbonyl (C=O) groups excluding carboxylic acids is 2. The number of aromatic nitrogens is 1. The number of Topliss-reactive ketones (excluding diaryl/α,β-unsaturated/α-hetero) is 1. The zero-order valence-corrected chi connectivity index (χ0v) is 28.4. The molecule has 3 heterocycles. The molecule has 3 aromatic carbocycles. The van der Waals surface area contributed by atoms with Crippen molar-refractivity contribution in [3.05, 3.63) is 117 Å². The molecule has 1 unspecified atom stereocenters. The Morgan fingerprint density at radius 2 is 1.72 bits per heavy atom. The number of thiophene rings is 1. The number of pyridine rings is 1. The number of aromatic amines is 1. The number of aliphatic hydroxyl groups is 1. The Bertz CT molecular complexity index is 1970. The number of piperidine rings is 1. The van der Waals surface area contributed by atoms with Gasteiger partial charge in [0.15, 0.2) is 5.78 Å². The molecular formula is C38H41N5O6S. The van der Waals surface area contributed by atoms with E-state index in [-0.39, 0.29) is 36.3 Å². The fourth-order valence-electron chi connectivity index (χ4n) is 6.14. The number of carbonyl (C=O) groups is 2. The van der Waals surface area contributed by atoms with Crippen molar-refractivity contribution in [1.82, 2.24) is 20.5 Å². The lowest BCUT2D eigenvalue weighted by atomic mass is 10.0. The van der Waals surface area contributed by atoms with Crippen LogP contribution in [0, 0.1) is 0 Å². The van der Waals surface area contributed by atoms with Gasteiger partial charge in [0.05, 0.1) is 28.7 Å². The van der Waals surface area contributed by atoms with Crippen LogP contribution in [-0.2, 0) is 11.3 Å². The number of hydrogen-bond acceptors (Lipinski definition) is 10. The molecule has 0 bridgehead atoms. The number of ether oxygens (including phenoxy) is 1. The number of anilines is 1. The smallest absolute Gasteiger partial charge is 0.411 e. The largest absolute Gasteiger partial charge is 0.506 e. The zero-order chi connectivity index (χ0) is 34.9. The normalized spacial score (nSPS) is 14.4. The zero-order valence-electron chi connectivity index (χ0n) is 27.6. The van der Waals surface area contributed by atoms with E-state index in [1.807, 2.05) is 66.7 Å². The van der Waals surface area contributed by atoms with Gasteiger partial charge in [-0.15, -0.1) is 11.3 Å². The summed E-state index contributed by atoms with van der Waals surface area (Å²) in [5.74, 6) is -0.0277. The van der Waals surface area contributed by atoms with Gasteiger partial charge in [-0.1, -0.05) is 54.6 Å². The first kappa shape index (κ1) is 35.0. The van der Waals surface area contributed by atoms with Crippen molar-refractivity contribution < 1.29 is 24.5 Å². The van der Waals surface area contributed by atoms with Crippen LogP contribution in [-0.4, -0.2) is 77.3 Å². The summed E-state index contributed by atoms with van der Waals surface area (Å²) >= 11 is 1.42. The van der Waals surface area contributed by atoms with E-state index in [9.17, 15) is 24.6 Å². The maximum Gasteiger partial charge on any atom is 0.411 e. The molecule has 260 valence electrons. The molecule has 11 nitrogen and oxygen atoms in total. The van der Waals surface area contributed by atoms with Crippen LogP contribution >= 0.6 is 11.3 Å². The molecule has 1 amide bonds. The van der Waals surface area contributed by atoms with E-state index >= 15 is 0 Å². The summed E-state index contributed by atoms with van der Waals surface area (Å²) in [6.45, 7) is 4.07. The number of nitrogens with zero attached hydrogens (tertiary/aromatic N) is 1. The number of para-hydroxylation sites is 1. The molecule has 0 radical (unpaired) electrons. The number of fused-ring (bicyclic) bond motifs is 1. The Hall–Kier alpha value is -4.85. The van der Waals surface area contributed by atoms with Crippen LogP contribution in [0.2, 0.25) is 0 Å². The third kappa shape index (κ3) is 9.03. The SMILES string of the molecule is O=C(Nc1ccccc1-c1ccccc1)OC1CCN(CCNCC(=O)c2ccc(CNCC(O)c3ccc(O)c4[nH]c(=O)ccc34)s2)CC1. The van der Waals surface area contributed by atoms with Crippen molar-refractivity contribution in [2.24, 2.45) is 0 Å². The molecule has 1 atom stereocenters. The van der Waals surface area contributed by atoms with Crippen LogP contribution in [0.1, 0.15) is 39.1 Å².